The van der Waals surface area contributed by atoms with Crippen LogP contribution in [-0.2, 0) is 6.42 Å². The first-order valence-electron chi connectivity index (χ1n) is 7.41. The van der Waals surface area contributed by atoms with Gasteiger partial charge in [0.15, 0.2) is 0 Å². The monoisotopic (exact) mass is 285 g/mol. The molecule has 1 aromatic carbocycles. The number of halogens is 1. The molecule has 0 radical (unpaired) electrons. The first-order chi connectivity index (χ1) is 9.78. The topological polar surface area (TPSA) is 40.7 Å². The summed E-state index contributed by atoms with van der Waals surface area (Å²) in [7, 11) is 0. The fourth-order valence-corrected chi connectivity index (χ4v) is 4.41. The number of benzene rings is 1. The lowest BCUT2D eigenvalue weighted by Crippen LogP contribution is -2.22. The van der Waals surface area contributed by atoms with Crippen LogP contribution >= 0.6 is 11.6 Å². The molecule has 0 amide bonds. The fraction of sp³-hybridized carbons (Fsp3) is 0.438. The van der Waals surface area contributed by atoms with Gasteiger partial charge >= 0.3 is 0 Å². The molecule has 3 aliphatic rings. The zero-order valence-electron chi connectivity index (χ0n) is 11.1. The van der Waals surface area contributed by atoms with Crippen LogP contribution in [0.3, 0.4) is 0 Å². The molecule has 2 fully saturated rings. The standard InChI is InChI=1S/C16H16ClN3/c17-9-1-3-11-8(5-9)6-14-15(11)20-16(19-14)12-7-10-2-4-13(12)18-10/h1,3,5,10,12-13,18H,2,4,6-7H2,(H,19,20). The number of hydrogen-bond donors (Lipinski definition) is 2. The molecule has 2 saturated heterocycles. The summed E-state index contributed by atoms with van der Waals surface area (Å²) in [5, 5.41) is 4.50. The van der Waals surface area contributed by atoms with Crippen molar-refractivity contribution in [2.45, 2.75) is 43.7 Å². The maximum absolute atomic E-state index is 6.07. The smallest absolute Gasteiger partial charge is 0.111 e. The summed E-state index contributed by atoms with van der Waals surface area (Å²) in [6, 6.07) is 7.48. The van der Waals surface area contributed by atoms with Crippen LogP contribution in [0.4, 0.5) is 0 Å². The van der Waals surface area contributed by atoms with Crippen molar-refractivity contribution in [3.05, 3.63) is 40.3 Å². The van der Waals surface area contributed by atoms with Gasteiger partial charge in [-0.2, -0.15) is 0 Å². The largest absolute Gasteiger partial charge is 0.345 e. The predicted molar refractivity (Wildman–Crippen MR) is 79.1 cm³/mol. The molecule has 0 saturated carbocycles. The Kier molecular flexibility index (Phi) is 2.19. The van der Waals surface area contributed by atoms with E-state index in [1.807, 2.05) is 6.07 Å². The van der Waals surface area contributed by atoms with Crippen LogP contribution in [0.5, 0.6) is 0 Å². The van der Waals surface area contributed by atoms with Gasteiger partial charge < -0.3 is 10.3 Å². The molecule has 0 spiro atoms. The van der Waals surface area contributed by atoms with Crippen molar-refractivity contribution in [3.8, 4) is 11.3 Å². The van der Waals surface area contributed by atoms with Gasteiger partial charge in [-0.1, -0.05) is 17.7 Å². The van der Waals surface area contributed by atoms with Crippen LogP contribution in [0.2, 0.25) is 5.02 Å². The second kappa shape index (κ2) is 3.86. The summed E-state index contributed by atoms with van der Waals surface area (Å²) in [5.41, 5.74) is 4.96. The highest BCUT2D eigenvalue weighted by Crippen LogP contribution is 2.42. The van der Waals surface area contributed by atoms with Crippen molar-refractivity contribution in [1.82, 2.24) is 15.3 Å². The number of rotatable bonds is 1. The van der Waals surface area contributed by atoms with Gasteiger partial charge in [0.25, 0.3) is 0 Å². The third-order valence-corrected chi connectivity index (χ3v) is 5.37. The van der Waals surface area contributed by atoms with Crippen LogP contribution < -0.4 is 5.32 Å². The second-order valence-electron chi connectivity index (χ2n) is 6.32. The van der Waals surface area contributed by atoms with Gasteiger partial charge in [-0.25, -0.2) is 4.98 Å². The van der Waals surface area contributed by atoms with Crippen LogP contribution in [0.25, 0.3) is 11.3 Å². The van der Waals surface area contributed by atoms with Crippen LogP contribution in [0, 0.1) is 0 Å². The van der Waals surface area contributed by atoms with E-state index in [-0.39, 0.29) is 0 Å². The van der Waals surface area contributed by atoms with Gasteiger partial charge in [-0.05, 0) is 37.0 Å². The SMILES string of the molecule is Clc1ccc2c(c1)Cc1[nH]c(C3CC4CCC3N4)nc1-2. The Morgan fingerprint density at radius 2 is 2.20 bits per heavy atom. The summed E-state index contributed by atoms with van der Waals surface area (Å²) in [4.78, 5) is 8.52. The van der Waals surface area contributed by atoms with Crippen LogP contribution in [0.15, 0.2) is 18.2 Å². The van der Waals surface area contributed by atoms with Gasteiger partial charge in [0.1, 0.15) is 5.82 Å². The number of H-pyrrole nitrogens is 1. The van der Waals surface area contributed by atoms with Gasteiger partial charge in [-0.15, -0.1) is 0 Å². The molecule has 20 heavy (non-hydrogen) atoms. The summed E-state index contributed by atoms with van der Waals surface area (Å²) in [5.74, 6) is 1.77. The summed E-state index contributed by atoms with van der Waals surface area (Å²) >= 11 is 6.07. The zero-order valence-corrected chi connectivity index (χ0v) is 11.9. The Balaban J connectivity index is 1.55. The molecule has 2 aliphatic heterocycles. The summed E-state index contributed by atoms with van der Waals surface area (Å²) in [6.07, 6.45) is 4.81. The Morgan fingerprint density at radius 3 is 3.00 bits per heavy atom. The number of aromatic nitrogens is 2. The Labute approximate surface area is 122 Å². The minimum absolute atomic E-state index is 0.579. The lowest BCUT2D eigenvalue weighted by Gasteiger charge is -2.17. The van der Waals surface area contributed by atoms with E-state index in [0.717, 1.165) is 23.2 Å². The molecule has 2 bridgehead atoms. The molecule has 5 rings (SSSR count). The molecule has 4 heteroatoms. The normalized spacial score (nSPS) is 29.8. The highest BCUT2D eigenvalue weighted by Gasteiger charge is 2.41. The third kappa shape index (κ3) is 1.48. The number of nitrogens with one attached hydrogen (secondary N) is 2. The Morgan fingerprint density at radius 1 is 1.25 bits per heavy atom. The van der Waals surface area contributed by atoms with Crippen molar-refractivity contribution in [1.29, 1.82) is 0 Å². The van der Waals surface area contributed by atoms with Gasteiger partial charge in [-0.3, -0.25) is 0 Å². The van der Waals surface area contributed by atoms with E-state index < -0.39 is 0 Å². The van der Waals surface area contributed by atoms with Crippen LogP contribution in [-0.4, -0.2) is 22.1 Å². The molecular weight excluding hydrogens is 270 g/mol. The van der Waals surface area contributed by atoms with Crippen molar-refractivity contribution in [3.63, 3.8) is 0 Å². The van der Waals surface area contributed by atoms with Crippen molar-refractivity contribution in [2.75, 3.05) is 0 Å². The van der Waals surface area contributed by atoms with E-state index >= 15 is 0 Å². The third-order valence-electron chi connectivity index (χ3n) is 5.14. The second-order valence-corrected chi connectivity index (χ2v) is 6.75. The van der Waals surface area contributed by atoms with Crippen molar-refractivity contribution in [2.24, 2.45) is 0 Å². The minimum Gasteiger partial charge on any atom is -0.345 e. The summed E-state index contributed by atoms with van der Waals surface area (Å²) < 4.78 is 0. The quantitative estimate of drug-likeness (QED) is 0.721. The number of aromatic amines is 1. The number of hydrogen-bond acceptors (Lipinski definition) is 2. The van der Waals surface area contributed by atoms with E-state index in [1.54, 1.807) is 0 Å². The van der Waals surface area contributed by atoms with Gasteiger partial charge in [0.2, 0.25) is 0 Å². The maximum atomic E-state index is 6.07. The molecule has 2 aromatic rings. The first kappa shape index (κ1) is 11.4. The molecule has 1 aliphatic carbocycles. The Bertz CT molecular complexity index is 706. The number of fused-ring (bicyclic) bond motifs is 5. The van der Waals surface area contributed by atoms with Crippen LogP contribution in [0.1, 0.15) is 42.3 Å². The Hall–Kier alpha value is -1.32. The number of imidazole rings is 1. The molecule has 3 heterocycles. The maximum Gasteiger partial charge on any atom is 0.111 e. The van der Waals surface area contributed by atoms with Gasteiger partial charge in [0, 0.05) is 40.7 Å². The molecule has 1 aromatic heterocycles. The molecule has 3 atom stereocenters. The van der Waals surface area contributed by atoms with E-state index in [0.29, 0.717) is 12.0 Å². The average molecular weight is 286 g/mol. The van der Waals surface area contributed by atoms with Gasteiger partial charge in [0.05, 0.1) is 5.69 Å². The summed E-state index contributed by atoms with van der Waals surface area (Å²) in [6.45, 7) is 0. The van der Waals surface area contributed by atoms with E-state index in [1.165, 1.54) is 41.9 Å². The molecular formula is C16H16ClN3. The molecule has 3 unspecified atom stereocenters. The molecule has 2 N–H and O–H groups in total. The number of nitrogens with zero attached hydrogens (tertiary/aromatic N) is 1. The highest BCUT2D eigenvalue weighted by molar-refractivity contribution is 6.30. The van der Waals surface area contributed by atoms with Crippen molar-refractivity contribution < 1.29 is 0 Å². The predicted octanol–water partition coefficient (Wildman–Crippen LogP) is 3.24. The van der Waals surface area contributed by atoms with Crippen molar-refractivity contribution >= 4 is 11.6 Å². The average Bonchev–Trinajstić information content (AvgIpc) is 3.16. The molecule has 102 valence electrons. The molecule has 3 nitrogen and oxygen atoms in total. The highest BCUT2D eigenvalue weighted by atomic mass is 35.5. The van der Waals surface area contributed by atoms with E-state index in [9.17, 15) is 0 Å². The van der Waals surface area contributed by atoms with E-state index in [4.69, 9.17) is 16.6 Å². The minimum atomic E-state index is 0.579. The van der Waals surface area contributed by atoms with E-state index in [2.05, 4.69) is 22.4 Å². The fourth-order valence-electron chi connectivity index (χ4n) is 4.21. The first-order valence-corrected chi connectivity index (χ1v) is 7.79. The zero-order chi connectivity index (χ0) is 13.3. The lowest BCUT2D eigenvalue weighted by atomic mass is 9.89. The lowest BCUT2D eigenvalue weighted by molar-refractivity contribution is 0.489.